The molecule has 0 aliphatic heterocycles. The van der Waals surface area contributed by atoms with Gasteiger partial charge in [0.2, 0.25) is 0 Å². The molecule has 6 atom stereocenters. The number of carbonyl (C=O) groups excluding carboxylic acids is 1. The monoisotopic (exact) mass is 492 g/mol. The molecule has 1 aromatic rings. The van der Waals surface area contributed by atoms with Crippen LogP contribution in [0.5, 0.6) is 0 Å². The van der Waals surface area contributed by atoms with Crippen LogP contribution in [0, 0.1) is 34.0 Å². The fraction of sp³-hybridized carbons (Fsp3) is 0.727. The van der Waals surface area contributed by atoms with Crippen molar-refractivity contribution >= 4 is 17.5 Å². The van der Waals surface area contributed by atoms with Crippen LogP contribution in [0.4, 0.5) is 0 Å². The van der Waals surface area contributed by atoms with Crippen molar-refractivity contribution in [3.05, 3.63) is 42.0 Å². The van der Waals surface area contributed by atoms with E-state index in [-0.39, 0.29) is 0 Å². The topological polar surface area (TPSA) is 17.1 Å². The van der Waals surface area contributed by atoms with Crippen LogP contribution in [0.2, 0.25) is 0 Å². The summed E-state index contributed by atoms with van der Waals surface area (Å²) in [5, 5.41) is 0. The molecule has 0 N–H and O–H groups in total. The SMILES string of the molecule is C[C@]1(CCCCCCCSc2ccccc2)CC2=CC(=O)CC[C@]2(C)[C@H]2CC[C@]3(C)CCC[C@H]3[C@@H]21. The van der Waals surface area contributed by atoms with Gasteiger partial charge in [0, 0.05) is 11.3 Å². The maximum Gasteiger partial charge on any atom is 0.155 e. The Morgan fingerprint density at radius 2 is 1.66 bits per heavy atom. The third-order valence-corrected chi connectivity index (χ3v) is 12.2. The second-order valence-corrected chi connectivity index (χ2v) is 14.6. The van der Waals surface area contributed by atoms with Gasteiger partial charge in [-0.1, -0.05) is 76.6 Å². The number of rotatable bonds is 9. The first-order chi connectivity index (χ1) is 16.8. The van der Waals surface area contributed by atoms with Crippen LogP contribution >= 0.6 is 11.8 Å². The second kappa shape index (κ2) is 10.4. The molecule has 0 saturated heterocycles. The van der Waals surface area contributed by atoms with Gasteiger partial charge in [-0.25, -0.2) is 0 Å². The fourth-order valence-corrected chi connectivity index (χ4v) is 10.1. The van der Waals surface area contributed by atoms with E-state index in [4.69, 9.17) is 0 Å². The Morgan fingerprint density at radius 1 is 0.886 bits per heavy atom. The average molecular weight is 493 g/mol. The van der Waals surface area contributed by atoms with Gasteiger partial charge in [-0.05, 0) is 109 Å². The molecule has 1 aromatic carbocycles. The number of hydrogen-bond donors (Lipinski definition) is 0. The van der Waals surface area contributed by atoms with E-state index in [0.29, 0.717) is 22.0 Å². The van der Waals surface area contributed by atoms with E-state index in [0.717, 1.165) is 30.6 Å². The maximum atomic E-state index is 12.5. The minimum atomic E-state index is 0.290. The lowest BCUT2D eigenvalue weighted by molar-refractivity contribution is -0.123. The fourth-order valence-electron chi connectivity index (χ4n) is 9.14. The van der Waals surface area contributed by atoms with E-state index >= 15 is 0 Å². The van der Waals surface area contributed by atoms with Crippen molar-refractivity contribution < 1.29 is 4.79 Å². The number of allylic oxidation sites excluding steroid dienone is 1. The highest BCUT2D eigenvalue weighted by molar-refractivity contribution is 7.99. The molecule has 3 fully saturated rings. The molecule has 0 bridgehead atoms. The van der Waals surface area contributed by atoms with E-state index in [9.17, 15) is 4.79 Å². The summed E-state index contributed by atoms with van der Waals surface area (Å²) in [4.78, 5) is 13.9. The zero-order valence-electron chi connectivity index (χ0n) is 22.6. The smallest absolute Gasteiger partial charge is 0.155 e. The van der Waals surface area contributed by atoms with Crippen LogP contribution in [-0.2, 0) is 4.79 Å². The van der Waals surface area contributed by atoms with Crippen molar-refractivity contribution in [2.75, 3.05) is 5.75 Å². The first-order valence-corrected chi connectivity index (χ1v) is 15.7. The normalized spacial score (nSPS) is 38.4. The van der Waals surface area contributed by atoms with Gasteiger partial charge in [0.25, 0.3) is 0 Å². The summed E-state index contributed by atoms with van der Waals surface area (Å²) in [6.45, 7) is 7.82. The molecule has 192 valence electrons. The zero-order valence-corrected chi connectivity index (χ0v) is 23.4. The minimum absolute atomic E-state index is 0.290. The van der Waals surface area contributed by atoms with Gasteiger partial charge in [0.05, 0.1) is 0 Å². The Bertz CT molecular complexity index is 920. The van der Waals surface area contributed by atoms with E-state index < -0.39 is 0 Å². The molecule has 4 aliphatic carbocycles. The van der Waals surface area contributed by atoms with Gasteiger partial charge < -0.3 is 0 Å². The predicted octanol–water partition coefficient (Wildman–Crippen LogP) is 9.66. The van der Waals surface area contributed by atoms with Crippen LogP contribution < -0.4 is 0 Å². The molecular formula is C33H48OS. The van der Waals surface area contributed by atoms with E-state index in [1.807, 2.05) is 11.8 Å². The van der Waals surface area contributed by atoms with Crippen molar-refractivity contribution in [3.8, 4) is 0 Å². The summed E-state index contributed by atoms with van der Waals surface area (Å²) < 4.78 is 0. The quantitative estimate of drug-likeness (QED) is 0.252. The molecule has 4 aliphatic rings. The van der Waals surface area contributed by atoms with Crippen molar-refractivity contribution in [2.45, 2.75) is 116 Å². The van der Waals surface area contributed by atoms with Crippen molar-refractivity contribution in [1.29, 1.82) is 0 Å². The molecule has 3 saturated carbocycles. The van der Waals surface area contributed by atoms with Crippen molar-refractivity contribution in [2.24, 2.45) is 34.0 Å². The average Bonchev–Trinajstić information content (AvgIpc) is 3.24. The summed E-state index contributed by atoms with van der Waals surface area (Å²) in [6.07, 6.45) is 20.5. The third kappa shape index (κ3) is 5.07. The van der Waals surface area contributed by atoms with Crippen LogP contribution in [0.25, 0.3) is 0 Å². The third-order valence-electron chi connectivity index (χ3n) is 11.1. The summed E-state index contributed by atoms with van der Waals surface area (Å²) in [7, 11) is 0. The van der Waals surface area contributed by atoms with E-state index in [1.54, 1.807) is 0 Å². The van der Waals surface area contributed by atoms with Crippen LogP contribution in [0.1, 0.15) is 111 Å². The number of hydrogen-bond acceptors (Lipinski definition) is 2. The maximum absolute atomic E-state index is 12.5. The molecule has 0 amide bonds. The molecular weight excluding hydrogens is 444 g/mol. The van der Waals surface area contributed by atoms with Crippen LogP contribution in [-0.4, -0.2) is 11.5 Å². The van der Waals surface area contributed by atoms with Gasteiger partial charge >= 0.3 is 0 Å². The molecule has 0 unspecified atom stereocenters. The van der Waals surface area contributed by atoms with Crippen LogP contribution in [0.3, 0.4) is 0 Å². The highest BCUT2D eigenvalue weighted by Crippen LogP contribution is 2.70. The number of carbonyl (C=O) groups is 1. The number of ketones is 1. The number of unbranched alkanes of at least 4 members (excludes halogenated alkanes) is 4. The Hall–Kier alpha value is -1.02. The standard InChI is InChI=1S/C33H48OS/c1-31-19-12-15-28(31)30-29(17-20-31)33(3)21-16-26(34)23-25(33)24-32(30,2)18-10-5-4-6-11-22-35-27-13-8-7-9-14-27/h7-9,13-14,23,28-30H,4-6,10-12,15-22,24H2,1-3H3/t28-,29-,30-,31-,32-,33-/m0/s1. The first-order valence-electron chi connectivity index (χ1n) is 14.8. The molecule has 35 heavy (non-hydrogen) atoms. The molecule has 1 nitrogen and oxygen atoms in total. The number of thioether (sulfide) groups is 1. The minimum Gasteiger partial charge on any atom is -0.295 e. The molecule has 5 rings (SSSR count). The van der Waals surface area contributed by atoms with Crippen molar-refractivity contribution in [3.63, 3.8) is 0 Å². The Balaban J connectivity index is 1.20. The van der Waals surface area contributed by atoms with Gasteiger partial charge in [0.1, 0.15) is 0 Å². The molecule has 2 heteroatoms. The van der Waals surface area contributed by atoms with Crippen LogP contribution in [0.15, 0.2) is 46.9 Å². The summed E-state index contributed by atoms with van der Waals surface area (Å²) in [6, 6.07) is 10.8. The van der Waals surface area contributed by atoms with Gasteiger partial charge in [-0.3, -0.25) is 4.79 Å². The predicted molar refractivity (Wildman–Crippen MR) is 150 cm³/mol. The van der Waals surface area contributed by atoms with E-state index in [1.165, 1.54) is 93.3 Å². The molecule has 0 spiro atoms. The molecule has 0 aromatic heterocycles. The highest BCUT2D eigenvalue weighted by Gasteiger charge is 2.61. The largest absolute Gasteiger partial charge is 0.295 e. The Kier molecular flexibility index (Phi) is 7.61. The number of benzene rings is 1. The first kappa shape index (κ1) is 25.6. The summed E-state index contributed by atoms with van der Waals surface area (Å²) in [5.74, 6) is 4.21. The lowest BCUT2D eigenvalue weighted by Gasteiger charge is -2.63. The Labute approximate surface area is 219 Å². The Morgan fingerprint density at radius 3 is 2.49 bits per heavy atom. The van der Waals surface area contributed by atoms with E-state index in [2.05, 4.69) is 57.2 Å². The highest BCUT2D eigenvalue weighted by atomic mass is 32.2. The molecule has 0 radical (unpaired) electrons. The van der Waals surface area contributed by atoms with Gasteiger partial charge in [-0.2, -0.15) is 0 Å². The number of fused-ring (bicyclic) bond motifs is 5. The second-order valence-electron chi connectivity index (χ2n) is 13.4. The summed E-state index contributed by atoms with van der Waals surface area (Å²) in [5.41, 5.74) is 2.80. The lowest BCUT2D eigenvalue weighted by Crippen LogP contribution is -2.56. The van der Waals surface area contributed by atoms with Gasteiger partial charge in [-0.15, -0.1) is 11.8 Å². The zero-order chi connectivity index (χ0) is 24.5. The molecule has 0 heterocycles. The summed E-state index contributed by atoms with van der Waals surface area (Å²) >= 11 is 2.00. The van der Waals surface area contributed by atoms with Crippen molar-refractivity contribution in [1.82, 2.24) is 0 Å². The lowest BCUT2D eigenvalue weighted by atomic mass is 9.41. The van der Waals surface area contributed by atoms with Gasteiger partial charge in [0.15, 0.2) is 5.78 Å².